The molecule has 0 spiro atoms. The van der Waals surface area contributed by atoms with E-state index in [9.17, 15) is 4.79 Å². The van der Waals surface area contributed by atoms with Gasteiger partial charge in [0.2, 0.25) is 5.91 Å². The van der Waals surface area contributed by atoms with Gasteiger partial charge in [0.15, 0.2) is 0 Å². The highest BCUT2D eigenvalue weighted by molar-refractivity contribution is 9.10. The number of alkyl halides is 1. The van der Waals surface area contributed by atoms with Gasteiger partial charge in [-0.05, 0) is 26.0 Å². The Morgan fingerprint density at radius 1 is 1.38 bits per heavy atom. The molecule has 1 aromatic carbocycles. The van der Waals surface area contributed by atoms with E-state index < -0.39 is 4.32 Å². The molecule has 16 heavy (non-hydrogen) atoms. The summed E-state index contributed by atoms with van der Waals surface area (Å²) in [4.78, 5) is 13.6. The molecule has 1 aromatic rings. The number of para-hydroxylation sites is 2. The molecule has 0 fully saturated rings. The van der Waals surface area contributed by atoms with E-state index in [1.54, 1.807) is 19.1 Å². The first-order valence-corrected chi connectivity index (χ1v) is 5.77. The van der Waals surface area contributed by atoms with Crippen LogP contribution in [-0.4, -0.2) is 24.4 Å². The van der Waals surface area contributed by atoms with Crippen LogP contribution in [0.15, 0.2) is 24.3 Å². The number of rotatable bonds is 3. The predicted molar refractivity (Wildman–Crippen MR) is 69.4 cm³/mol. The summed E-state index contributed by atoms with van der Waals surface area (Å²) in [7, 11) is 3.33. The zero-order chi connectivity index (χ0) is 12.3. The Bertz CT molecular complexity index is 385. The van der Waals surface area contributed by atoms with E-state index in [0.29, 0.717) is 5.75 Å². The predicted octanol–water partition coefficient (Wildman–Crippen LogP) is 2.83. The van der Waals surface area contributed by atoms with Crippen molar-refractivity contribution in [2.45, 2.75) is 18.2 Å². The standard InChI is InChI=1S/C12H16BrNO2/c1-12(2,13)11(15)14(3)9-7-5-6-8-10(9)16-4/h5-8H,1-4H3. The molecule has 0 N–H and O–H groups in total. The van der Waals surface area contributed by atoms with Crippen LogP contribution in [0.1, 0.15) is 13.8 Å². The van der Waals surface area contributed by atoms with E-state index in [0.717, 1.165) is 5.69 Å². The van der Waals surface area contributed by atoms with Crippen molar-refractivity contribution in [3.63, 3.8) is 0 Å². The molecule has 0 aromatic heterocycles. The summed E-state index contributed by atoms with van der Waals surface area (Å²) in [5.41, 5.74) is 0.766. The molecule has 1 rings (SSSR count). The third-order valence-corrected chi connectivity index (χ3v) is 2.60. The smallest absolute Gasteiger partial charge is 0.243 e. The third kappa shape index (κ3) is 2.76. The number of methoxy groups -OCH3 is 1. The Morgan fingerprint density at radius 2 is 1.94 bits per heavy atom. The number of hydrogen-bond donors (Lipinski definition) is 0. The second-order valence-corrected chi connectivity index (χ2v) is 5.99. The van der Waals surface area contributed by atoms with Crippen molar-refractivity contribution in [2.24, 2.45) is 0 Å². The summed E-state index contributed by atoms with van der Waals surface area (Å²) < 4.78 is 4.64. The number of nitrogens with zero attached hydrogens (tertiary/aromatic N) is 1. The van der Waals surface area contributed by atoms with Crippen LogP contribution in [0.4, 0.5) is 5.69 Å². The van der Waals surface area contributed by atoms with Gasteiger partial charge in [-0.25, -0.2) is 0 Å². The largest absolute Gasteiger partial charge is 0.495 e. The summed E-state index contributed by atoms with van der Waals surface area (Å²) >= 11 is 3.36. The van der Waals surface area contributed by atoms with Gasteiger partial charge in [0, 0.05) is 7.05 Å². The number of anilines is 1. The van der Waals surface area contributed by atoms with Crippen molar-refractivity contribution in [2.75, 3.05) is 19.1 Å². The molecule has 0 aliphatic heterocycles. The fourth-order valence-electron chi connectivity index (χ4n) is 1.42. The SMILES string of the molecule is COc1ccccc1N(C)C(=O)C(C)(C)Br. The highest BCUT2D eigenvalue weighted by atomic mass is 79.9. The minimum absolute atomic E-state index is 0.0167. The van der Waals surface area contributed by atoms with Crippen LogP contribution in [0.5, 0.6) is 5.75 Å². The van der Waals surface area contributed by atoms with E-state index in [1.807, 2.05) is 38.1 Å². The first-order valence-electron chi connectivity index (χ1n) is 4.98. The number of carbonyl (C=O) groups is 1. The van der Waals surface area contributed by atoms with Crippen molar-refractivity contribution in [1.82, 2.24) is 0 Å². The average Bonchev–Trinajstić information content (AvgIpc) is 2.25. The second kappa shape index (κ2) is 4.87. The molecule has 3 nitrogen and oxygen atoms in total. The van der Waals surface area contributed by atoms with E-state index in [2.05, 4.69) is 15.9 Å². The van der Waals surface area contributed by atoms with Crippen LogP contribution in [0.2, 0.25) is 0 Å². The first-order chi connectivity index (χ1) is 7.38. The normalized spacial score (nSPS) is 11.1. The van der Waals surface area contributed by atoms with Crippen LogP contribution < -0.4 is 9.64 Å². The zero-order valence-corrected chi connectivity index (χ0v) is 11.5. The summed E-state index contributed by atoms with van der Waals surface area (Å²) in [5, 5.41) is 0. The van der Waals surface area contributed by atoms with Crippen molar-refractivity contribution in [3.8, 4) is 5.75 Å². The van der Waals surface area contributed by atoms with Crippen molar-refractivity contribution < 1.29 is 9.53 Å². The van der Waals surface area contributed by atoms with E-state index in [4.69, 9.17) is 4.74 Å². The molecular formula is C12H16BrNO2. The molecule has 0 atom stereocenters. The first kappa shape index (κ1) is 13.0. The van der Waals surface area contributed by atoms with Crippen molar-refractivity contribution in [3.05, 3.63) is 24.3 Å². The Balaban J connectivity index is 3.05. The quantitative estimate of drug-likeness (QED) is 0.800. The maximum Gasteiger partial charge on any atom is 0.243 e. The van der Waals surface area contributed by atoms with Gasteiger partial charge in [0.1, 0.15) is 5.75 Å². The van der Waals surface area contributed by atoms with Crippen LogP contribution in [0.25, 0.3) is 0 Å². The van der Waals surface area contributed by atoms with Crippen molar-refractivity contribution in [1.29, 1.82) is 0 Å². The lowest BCUT2D eigenvalue weighted by molar-refractivity contribution is -0.119. The maximum absolute atomic E-state index is 12.1. The van der Waals surface area contributed by atoms with Gasteiger partial charge < -0.3 is 9.64 Å². The number of ether oxygens (including phenoxy) is 1. The topological polar surface area (TPSA) is 29.5 Å². The summed E-state index contributed by atoms with van der Waals surface area (Å²) in [5.74, 6) is 0.673. The maximum atomic E-state index is 12.1. The highest BCUT2D eigenvalue weighted by Crippen LogP contribution is 2.30. The molecule has 0 bridgehead atoms. The Kier molecular flexibility index (Phi) is 3.97. The average molecular weight is 286 g/mol. The summed E-state index contributed by atoms with van der Waals surface area (Å²) in [6, 6.07) is 7.44. The van der Waals surface area contributed by atoms with E-state index in [-0.39, 0.29) is 5.91 Å². The lowest BCUT2D eigenvalue weighted by Crippen LogP contribution is -2.39. The molecule has 1 amide bonds. The van der Waals surface area contributed by atoms with Gasteiger partial charge in [-0.2, -0.15) is 0 Å². The van der Waals surface area contributed by atoms with Crippen LogP contribution in [0.3, 0.4) is 0 Å². The molecule has 4 heteroatoms. The lowest BCUT2D eigenvalue weighted by atomic mass is 10.1. The Labute approximate surface area is 105 Å². The minimum Gasteiger partial charge on any atom is -0.495 e. The molecule has 0 aliphatic rings. The number of hydrogen-bond acceptors (Lipinski definition) is 2. The number of amides is 1. The Morgan fingerprint density at radius 3 is 2.44 bits per heavy atom. The number of halogens is 1. The van der Waals surface area contributed by atoms with E-state index in [1.165, 1.54) is 0 Å². The molecule has 88 valence electrons. The van der Waals surface area contributed by atoms with Gasteiger partial charge in [-0.1, -0.05) is 28.1 Å². The van der Waals surface area contributed by atoms with Crippen LogP contribution >= 0.6 is 15.9 Å². The molecule has 0 unspecified atom stereocenters. The van der Waals surface area contributed by atoms with Crippen molar-refractivity contribution >= 4 is 27.5 Å². The highest BCUT2D eigenvalue weighted by Gasteiger charge is 2.28. The van der Waals surface area contributed by atoms with Gasteiger partial charge in [0.25, 0.3) is 0 Å². The molecule has 0 saturated carbocycles. The summed E-state index contributed by atoms with van der Waals surface area (Å²) in [6.07, 6.45) is 0. The monoisotopic (exact) mass is 285 g/mol. The molecule has 0 aliphatic carbocycles. The van der Waals surface area contributed by atoms with E-state index >= 15 is 0 Å². The van der Waals surface area contributed by atoms with Gasteiger partial charge in [-0.15, -0.1) is 0 Å². The molecule has 0 saturated heterocycles. The molecular weight excluding hydrogens is 270 g/mol. The lowest BCUT2D eigenvalue weighted by Gasteiger charge is -2.25. The van der Waals surface area contributed by atoms with Gasteiger partial charge in [-0.3, -0.25) is 4.79 Å². The molecule has 0 radical (unpaired) electrons. The number of carbonyl (C=O) groups excluding carboxylic acids is 1. The summed E-state index contributed by atoms with van der Waals surface area (Å²) in [6.45, 7) is 3.64. The zero-order valence-electron chi connectivity index (χ0n) is 9.95. The number of benzene rings is 1. The van der Waals surface area contributed by atoms with Crippen LogP contribution in [-0.2, 0) is 4.79 Å². The van der Waals surface area contributed by atoms with Gasteiger partial charge >= 0.3 is 0 Å². The fourth-order valence-corrected chi connectivity index (χ4v) is 1.68. The molecule has 0 heterocycles. The minimum atomic E-state index is -0.581. The third-order valence-electron chi connectivity index (χ3n) is 2.26. The van der Waals surface area contributed by atoms with Crippen LogP contribution in [0, 0.1) is 0 Å². The van der Waals surface area contributed by atoms with Gasteiger partial charge in [0.05, 0.1) is 17.1 Å². The second-order valence-electron chi connectivity index (χ2n) is 4.01. The fraction of sp³-hybridized carbons (Fsp3) is 0.417. The Hall–Kier alpha value is -1.03.